The Kier molecular flexibility index (Phi) is 4.86. The molecule has 0 spiro atoms. The number of fused-ring (bicyclic) bond motifs is 3. The first-order valence-electron chi connectivity index (χ1n) is 9.64. The fourth-order valence-electron chi connectivity index (χ4n) is 3.77. The molecule has 0 bridgehead atoms. The van der Waals surface area contributed by atoms with Crippen LogP contribution in [0.5, 0.6) is 5.75 Å². The number of aryl methyl sites for hydroxylation is 1. The van der Waals surface area contributed by atoms with Crippen molar-refractivity contribution in [3.63, 3.8) is 0 Å². The lowest BCUT2D eigenvalue weighted by atomic mass is 10.0. The van der Waals surface area contributed by atoms with E-state index < -0.39 is 0 Å². The second kappa shape index (κ2) is 7.67. The van der Waals surface area contributed by atoms with Crippen LogP contribution >= 0.6 is 23.2 Å². The highest BCUT2D eigenvalue weighted by molar-refractivity contribution is 6.33. The second-order valence-corrected chi connectivity index (χ2v) is 8.05. The molecule has 0 saturated carbocycles. The predicted octanol–water partition coefficient (Wildman–Crippen LogP) is 7.35. The molecule has 2 heterocycles. The summed E-state index contributed by atoms with van der Waals surface area (Å²) in [7, 11) is 0. The predicted molar refractivity (Wildman–Crippen MR) is 124 cm³/mol. The van der Waals surface area contributed by atoms with Gasteiger partial charge in [-0.2, -0.15) is 5.10 Å². The van der Waals surface area contributed by atoms with Gasteiger partial charge in [0.1, 0.15) is 6.61 Å². The van der Waals surface area contributed by atoms with Crippen LogP contribution in [0.25, 0.3) is 27.4 Å². The SMILES string of the molecule is Cc1cnn2c(Cl)c(OCc3ccccc3)c3ccc(-c4cccc(Cl)c4)cc3c12. The molecule has 0 atom stereocenters. The summed E-state index contributed by atoms with van der Waals surface area (Å²) in [4.78, 5) is 0. The van der Waals surface area contributed by atoms with E-state index in [9.17, 15) is 0 Å². The van der Waals surface area contributed by atoms with Crippen LogP contribution in [0.1, 0.15) is 11.1 Å². The maximum atomic E-state index is 6.74. The minimum atomic E-state index is 0.428. The van der Waals surface area contributed by atoms with Crippen LogP contribution in [0.3, 0.4) is 0 Å². The Bertz CT molecular complexity index is 1380. The highest BCUT2D eigenvalue weighted by Gasteiger charge is 2.18. The fourth-order valence-corrected chi connectivity index (χ4v) is 4.24. The van der Waals surface area contributed by atoms with Gasteiger partial charge in [0.2, 0.25) is 0 Å². The summed E-state index contributed by atoms with van der Waals surface area (Å²) in [5, 5.41) is 7.66. The molecule has 0 aliphatic heterocycles. The summed E-state index contributed by atoms with van der Waals surface area (Å²) in [6, 6.07) is 24.2. The molecule has 0 radical (unpaired) electrons. The van der Waals surface area contributed by atoms with Crippen LogP contribution in [0.2, 0.25) is 10.2 Å². The van der Waals surface area contributed by atoms with Gasteiger partial charge in [-0.05, 0) is 53.4 Å². The third-order valence-corrected chi connectivity index (χ3v) is 5.80. The Morgan fingerprint density at radius 2 is 1.67 bits per heavy atom. The zero-order valence-electron chi connectivity index (χ0n) is 16.3. The number of pyridine rings is 1. The van der Waals surface area contributed by atoms with E-state index in [0.29, 0.717) is 22.5 Å². The van der Waals surface area contributed by atoms with Gasteiger partial charge in [-0.3, -0.25) is 0 Å². The monoisotopic (exact) mass is 432 g/mol. The number of hydrogen-bond acceptors (Lipinski definition) is 2. The summed E-state index contributed by atoms with van der Waals surface area (Å²) in [6.07, 6.45) is 1.83. The van der Waals surface area contributed by atoms with E-state index in [1.807, 2.05) is 61.7 Å². The van der Waals surface area contributed by atoms with Gasteiger partial charge in [-0.1, -0.05) is 71.7 Å². The molecule has 148 valence electrons. The van der Waals surface area contributed by atoms with Crippen LogP contribution in [0.4, 0.5) is 0 Å². The first kappa shape index (κ1) is 19.0. The standard InChI is InChI=1S/C25H18Cl2N2O/c1-16-14-28-29-23(16)22-13-19(18-8-5-9-20(26)12-18)10-11-21(22)24(25(29)27)30-15-17-6-3-2-4-7-17/h2-14H,15H2,1H3. The summed E-state index contributed by atoms with van der Waals surface area (Å²) in [5.41, 5.74) is 5.24. The van der Waals surface area contributed by atoms with Gasteiger partial charge in [0, 0.05) is 15.8 Å². The maximum absolute atomic E-state index is 6.74. The number of ether oxygens (including phenoxy) is 1. The third kappa shape index (κ3) is 3.30. The number of hydrogen-bond donors (Lipinski definition) is 0. The molecule has 30 heavy (non-hydrogen) atoms. The van der Waals surface area contributed by atoms with Crippen LogP contribution in [0, 0.1) is 6.92 Å². The Hall–Kier alpha value is -3.01. The van der Waals surface area contributed by atoms with Gasteiger partial charge in [-0.15, -0.1) is 0 Å². The molecule has 3 aromatic carbocycles. The van der Waals surface area contributed by atoms with Gasteiger partial charge in [0.15, 0.2) is 10.9 Å². The Morgan fingerprint density at radius 3 is 2.47 bits per heavy atom. The minimum Gasteiger partial charge on any atom is -0.485 e. The number of aromatic nitrogens is 2. The highest BCUT2D eigenvalue weighted by Crippen LogP contribution is 2.39. The lowest BCUT2D eigenvalue weighted by Crippen LogP contribution is -2.01. The molecule has 5 heteroatoms. The maximum Gasteiger partial charge on any atom is 0.173 e. The number of benzene rings is 3. The first-order chi connectivity index (χ1) is 14.6. The number of rotatable bonds is 4. The summed E-state index contributed by atoms with van der Waals surface area (Å²) in [5.74, 6) is 0.628. The van der Waals surface area contributed by atoms with Crippen molar-refractivity contribution in [1.82, 2.24) is 9.61 Å². The molecule has 0 unspecified atom stereocenters. The van der Waals surface area contributed by atoms with Crippen LogP contribution < -0.4 is 4.74 Å². The topological polar surface area (TPSA) is 26.5 Å². The molecule has 0 aliphatic rings. The van der Waals surface area contributed by atoms with Gasteiger partial charge in [0.05, 0.1) is 11.7 Å². The zero-order chi connectivity index (χ0) is 20.7. The molecule has 0 saturated heterocycles. The first-order valence-corrected chi connectivity index (χ1v) is 10.4. The van der Waals surface area contributed by atoms with Crippen molar-refractivity contribution in [2.75, 3.05) is 0 Å². The smallest absolute Gasteiger partial charge is 0.173 e. The number of halogens is 2. The molecule has 5 aromatic rings. The van der Waals surface area contributed by atoms with E-state index in [1.165, 1.54) is 0 Å². The zero-order valence-corrected chi connectivity index (χ0v) is 17.8. The van der Waals surface area contributed by atoms with E-state index in [2.05, 4.69) is 29.4 Å². The van der Waals surface area contributed by atoms with Crippen molar-refractivity contribution >= 4 is 39.5 Å². The van der Waals surface area contributed by atoms with Crippen molar-refractivity contribution in [3.05, 3.63) is 100 Å². The lowest BCUT2D eigenvalue weighted by Gasteiger charge is -2.15. The van der Waals surface area contributed by atoms with Crippen molar-refractivity contribution in [2.45, 2.75) is 13.5 Å². The van der Waals surface area contributed by atoms with E-state index in [4.69, 9.17) is 27.9 Å². The quantitative estimate of drug-likeness (QED) is 0.277. The average Bonchev–Trinajstić information content (AvgIpc) is 3.16. The molecular weight excluding hydrogens is 415 g/mol. The minimum absolute atomic E-state index is 0.428. The Morgan fingerprint density at radius 1 is 0.867 bits per heavy atom. The van der Waals surface area contributed by atoms with Gasteiger partial charge < -0.3 is 4.74 Å². The van der Waals surface area contributed by atoms with E-state index in [1.54, 1.807) is 4.52 Å². The van der Waals surface area contributed by atoms with Crippen molar-refractivity contribution in [2.24, 2.45) is 0 Å². The summed E-state index contributed by atoms with van der Waals surface area (Å²) >= 11 is 12.9. The molecule has 2 aromatic heterocycles. The van der Waals surface area contributed by atoms with Crippen molar-refractivity contribution in [3.8, 4) is 16.9 Å². The second-order valence-electron chi connectivity index (χ2n) is 7.25. The normalized spacial score (nSPS) is 11.3. The fraction of sp³-hybridized carbons (Fsp3) is 0.0800. The van der Waals surface area contributed by atoms with Gasteiger partial charge in [0.25, 0.3) is 0 Å². The highest BCUT2D eigenvalue weighted by atomic mass is 35.5. The Labute approximate surface area is 184 Å². The molecular formula is C25H18Cl2N2O. The molecule has 0 fully saturated rings. The van der Waals surface area contributed by atoms with Gasteiger partial charge in [-0.25, -0.2) is 4.52 Å². The Balaban J connectivity index is 1.70. The molecule has 3 nitrogen and oxygen atoms in total. The summed E-state index contributed by atoms with van der Waals surface area (Å²) in [6.45, 7) is 2.46. The molecule has 0 N–H and O–H groups in total. The third-order valence-electron chi connectivity index (χ3n) is 5.23. The average molecular weight is 433 g/mol. The van der Waals surface area contributed by atoms with E-state index in [0.717, 1.165) is 38.5 Å². The molecule has 0 amide bonds. The molecule has 5 rings (SSSR count). The van der Waals surface area contributed by atoms with Crippen LogP contribution in [-0.2, 0) is 6.61 Å². The van der Waals surface area contributed by atoms with Crippen LogP contribution in [0.15, 0.2) is 79.0 Å². The van der Waals surface area contributed by atoms with E-state index >= 15 is 0 Å². The largest absolute Gasteiger partial charge is 0.485 e. The molecule has 0 aliphatic carbocycles. The lowest BCUT2D eigenvalue weighted by molar-refractivity contribution is 0.308. The summed E-state index contributed by atoms with van der Waals surface area (Å²) < 4.78 is 7.96. The van der Waals surface area contributed by atoms with Crippen LogP contribution in [-0.4, -0.2) is 9.61 Å². The van der Waals surface area contributed by atoms with Crippen molar-refractivity contribution in [1.29, 1.82) is 0 Å². The van der Waals surface area contributed by atoms with Gasteiger partial charge >= 0.3 is 0 Å². The van der Waals surface area contributed by atoms with E-state index in [-0.39, 0.29) is 0 Å². The number of nitrogens with zero attached hydrogens (tertiary/aromatic N) is 2. The van der Waals surface area contributed by atoms with Crippen molar-refractivity contribution < 1.29 is 4.74 Å².